The normalized spacial score (nSPS) is 15.1. The van der Waals surface area contributed by atoms with Crippen LogP contribution in [0.15, 0.2) is 63.5 Å². The quantitative estimate of drug-likeness (QED) is 0.246. The number of carbonyl (C=O) groups is 1. The number of hydrogen-bond donors (Lipinski definition) is 0. The van der Waals surface area contributed by atoms with Crippen molar-refractivity contribution in [3.05, 3.63) is 84.5 Å². The molecule has 0 bridgehead atoms. The third-order valence-electron chi connectivity index (χ3n) is 6.33. The zero-order valence-corrected chi connectivity index (χ0v) is 24.7. The highest BCUT2D eigenvalue weighted by Gasteiger charge is 2.34. The first kappa shape index (κ1) is 29.1. The van der Waals surface area contributed by atoms with Crippen molar-refractivity contribution >= 4 is 23.4 Å². The number of unbranched alkanes of at least 4 members (excludes halogenated alkanes) is 1. The molecule has 1 aliphatic heterocycles. The first-order chi connectivity index (χ1) is 19.3. The van der Waals surface area contributed by atoms with Crippen LogP contribution in [0, 0.1) is 0 Å². The highest BCUT2D eigenvalue weighted by molar-refractivity contribution is 7.07. The molecule has 1 aromatic heterocycles. The highest BCUT2D eigenvalue weighted by Crippen LogP contribution is 2.36. The highest BCUT2D eigenvalue weighted by atomic mass is 32.1. The van der Waals surface area contributed by atoms with Gasteiger partial charge in [0, 0.05) is 0 Å². The molecule has 212 valence electrons. The van der Waals surface area contributed by atoms with E-state index >= 15 is 0 Å². The largest absolute Gasteiger partial charge is 0.494 e. The molecule has 2 heterocycles. The maximum Gasteiger partial charge on any atom is 0.338 e. The van der Waals surface area contributed by atoms with Crippen LogP contribution in [0.1, 0.15) is 64.6 Å². The third-order valence-corrected chi connectivity index (χ3v) is 7.31. The summed E-state index contributed by atoms with van der Waals surface area (Å²) in [6, 6.07) is 12.3. The Labute approximate surface area is 238 Å². The molecule has 0 spiro atoms. The number of methoxy groups -OCH3 is 1. The Kier molecular flexibility index (Phi) is 9.47. The number of ether oxygens (including phenoxy) is 4. The van der Waals surface area contributed by atoms with E-state index in [1.807, 2.05) is 50.3 Å². The summed E-state index contributed by atoms with van der Waals surface area (Å²) in [6.07, 6.45) is 3.85. The Morgan fingerprint density at radius 1 is 1.12 bits per heavy atom. The van der Waals surface area contributed by atoms with Gasteiger partial charge in [-0.05, 0) is 75.6 Å². The number of allylic oxidation sites excluding steroid dienone is 1. The van der Waals surface area contributed by atoms with E-state index in [1.165, 1.54) is 11.3 Å². The van der Waals surface area contributed by atoms with E-state index in [9.17, 15) is 9.59 Å². The van der Waals surface area contributed by atoms with Gasteiger partial charge in [0.05, 0.1) is 48.3 Å². The second-order valence-electron chi connectivity index (χ2n) is 9.65. The van der Waals surface area contributed by atoms with Gasteiger partial charge in [-0.25, -0.2) is 9.79 Å². The minimum absolute atomic E-state index is 0.0494. The van der Waals surface area contributed by atoms with E-state index < -0.39 is 12.0 Å². The maximum atomic E-state index is 13.9. The van der Waals surface area contributed by atoms with Gasteiger partial charge in [-0.1, -0.05) is 42.9 Å². The molecule has 0 amide bonds. The van der Waals surface area contributed by atoms with E-state index in [0.717, 1.165) is 24.2 Å². The lowest BCUT2D eigenvalue weighted by atomic mass is 9.95. The fourth-order valence-electron chi connectivity index (χ4n) is 4.46. The molecule has 4 rings (SSSR count). The van der Waals surface area contributed by atoms with Gasteiger partial charge in [-0.3, -0.25) is 9.36 Å². The van der Waals surface area contributed by atoms with Gasteiger partial charge in [0.2, 0.25) is 0 Å². The minimum Gasteiger partial charge on any atom is -0.494 e. The van der Waals surface area contributed by atoms with Crippen molar-refractivity contribution in [1.82, 2.24) is 4.57 Å². The zero-order valence-electron chi connectivity index (χ0n) is 23.9. The van der Waals surface area contributed by atoms with E-state index in [-0.39, 0.29) is 18.3 Å². The lowest BCUT2D eigenvalue weighted by Gasteiger charge is -2.25. The Hall–Kier alpha value is -3.85. The number of nitrogens with zero attached hydrogens (tertiary/aromatic N) is 2. The van der Waals surface area contributed by atoms with Crippen LogP contribution in [0.5, 0.6) is 17.2 Å². The predicted molar refractivity (Wildman–Crippen MR) is 156 cm³/mol. The van der Waals surface area contributed by atoms with Gasteiger partial charge in [-0.15, -0.1) is 0 Å². The summed E-state index contributed by atoms with van der Waals surface area (Å²) >= 11 is 1.28. The van der Waals surface area contributed by atoms with Gasteiger partial charge in [0.25, 0.3) is 5.56 Å². The van der Waals surface area contributed by atoms with Crippen molar-refractivity contribution in [1.29, 1.82) is 0 Å². The Morgan fingerprint density at radius 2 is 1.88 bits per heavy atom. The van der Waals surface area contributed by atoms with Crippen LogP contribution in [0.25, 0.3) is 6.08 Å². The molecule has 0 aliphatic carbocycles. The molecule has 0 radical (unpaired) electrons. The lowest BCUT2D eigenvalue weighted by molar-refractivity contribution is -0.139. The minimum atomic E-state index is -0.742. The van der Waals surface area contributed by atoms with Crippen LogP contribution in [0.3, 0.4) is 0 Å². The lowest BCUT2D eigenvalue weighted by Crippen LogP contribution is -2.40. The summed E-state index contributed by atoms with van der Waals surface area (Å²) in [5.41, 5.74) is 2.13. The Bertz CT molecular complexity index is 1570. The smallest absolute Gasteiger partial charge is 0.338 e. The van der Waals surface area contributed by atoms with Crippen molar-refractivity contribution in [2.45, 2.75) is 59.6 Å². The Balaban J connectivity index is 1.82. The van der Waals surface area contributed by atoms with Crippen LogP contribution in [-0.4, -0.2) is 37.0 Å². The topological polar surface area (TPSA) is 88.3 Å². The molecule has 8 nitrogen and oxygen atoms in total. The van der Waals surface area contributed by atoms with Crippen molar-refractivity contribution in [2.75, 3.05) is 20.3 Å². The number of fused-ring (bicyclic) bond motifs is 1. The number of thiazole rings is 1. The molecule has 2 aromatic carbocycles. The predicted octanol–water partition coefficient (Wildman–Crippen LogP) is 4.77. The second-order valence-corrected chi connectivity index (χ2v) is 10.7. The number of esters is 1. The third kappa shape index (κ3) is 6.31. The molecule has 0 N–H and O–H groups in total. The fourth-order valence-corrected chi connectivity index (χ4v) is 5.51. The average Bonchev–Trinajstić information content (AvgIpc) is 3.23. The zero-order chi connectivity index (χ0) is 28.8. The van der Waals surface area contributed by atoms with Gasteiger partial charge >= 0.3 is 5.97 Å². The van der Waals surface area contributed by atoms with Crippen LogP contribution in [-0.2, 0) is 9.53 Å². The van der Waals surface area contributed by atoms with Crippen LogP contribution in [0.2, 0.25) is 0 Å². The van der Waals surface area contributed by atoms with Gasteiger partial charge < -0.3 is 18.9 Å². The van der Waals surface area contributed by atoms with Crippen molar-refractivity contribution < 1.29 is 23.7 Å². The maximum absolute atomic E-state index is 13.9. The first-order valence-corrected chi connectivity index (χ1v) is 14.4. The van der Waals surface area contributed by atoms with E-state index in [2.05, 4.69) is 11.9 Å². The van der Waals surface area contributed by atoms with Crippen LogP contribution in [0.4, 0.5) is 0 Å². The first-order valence-electron chi connectivity index (χ1n) is 13.5. The number of hydrogen-bond acceptors (Lipinski definition) is 8. The summed E-state index contributed by atoms with van der Waals surface area (Å²) in [6.45, 7) is 10.4. The monoisotopic (exact) mass is 564 g/mol. The second kappa shape index (κ2) is 13.0. The van der Waals surface area contributed by atoms with Gasteiger partial charge in [-0.2, -0.15) is 0 Å². The summed E-state index contributed by atoms with van der Waals surface area (Å²) in [7, 11) is 1.56. The molecule has 0 fully saturated rings. The fraction of sp³-hybridized carbons (Fsp3) is 0.387. The number of aromatic nitrogens is 1. The van der Waals surface area contributed by atoms with Crippen molar-refractivity contribution in [2.24, 2.45) is 4.99 Å². The summed E-state index contributed by atoms with van der Waals surface area (Å²) < 4.78 is 24.7. The van der Waals surface area contributed by atoms with Crippen LogP contribution >= 0.6 is 11.3 Å². The molecule has 9 heteroatoms. The molecular formula is C31H36N2O6S. The van der Waals surface area contributed by atoms with Crippen molar-refractivity contribution in [3.63, 3.8) is 0 Å². The van der Waals surface area contributed by atoms with E-state index in [4.69, 9.17) is 18.9 Å². The number of rotatable bonds is 11. The molecule has 3 aromatic rings. The molecule has 40 heavy (non-hydrogen) atoms. The van der Waals surface area contributed by atoms with Crippen LogP contribution < -0.4 is 29.1 Å². The van der Waals surface area contributed by atoms with Gasteiger partial charge in [0.1, 0.15) is 5.75 Å². The summed E-state index contributed by atoms with van der Waals surface area (Å²) in [5.74, 6) is 1.37. The molecule has 0 unspecified atom stereocenters. The number of benzene rings is 2. The van der Waals surface area contributed by atoms with E-state index in [1.54, 1.807) is 37.7 Å². The molecule has 1 atom stereocenters. The molecule has 1 aliphatic rings. The SMILES string of the molecule is CCCCOc1ccc(/C=c2\sc3n(c2=O)[C@@H](c2ccc(OC(C)C)c(OC)c2)C(C(=O)OCC)=C(C)N=3)cc1. The number of carbonyl (C=O) groups excluding carboxylic acids is 1. The molecule has 0 saturated carbocycles. The van der Waals surface area contributed by atoms with Gasteiger partial charge in [0.15, 0.2) is 16.3 Å². The molecular weight excluding hydrogens is 528 g/mol. The average molecular weight is 565 g/mol. The van der Waals surface area contributed by atoms with E-state index in [0.29, 0.717) is 44.3 Å². The van der Waals surface area contributed by atoms with Crippen molar-refractivity contribution in [3.8, 4) is 17.2 Å². The standard InChI is InChI=1S/C31H36N2O6S/c1-7-9-16-38-23-13-10-21(11-14-23)17-26-29(34)33-28(22-12-15-24(39-19(3)4)25(18-22)36-6)27(30(35)37-8-2)20(5)32-31(33)40-26/h10-15,17-19,28H,7-9,16H2,1-6H3/b26-17-/t28-/m0/s1. The molecule has 0 saturated heterocycles. The summed E-state index contributed by atoms with van der Waals surface area (Å²) in [5, 5.41) is 0. The summed E-state index contributed by atoms with van der Waals surface area (Å²) in [4.78, 5) is 32.2. The Morgan fingerprint density at radius 3 is 2.52 bits per heavy atom.